The summed E-state index contributed by atoms with van der Waals surface area (Å²) in [6, 6.07) is 0. The van der Waals surface area contributed by atoms with Gasteiger partial charge in [-0.1, -0.05) is 20.8 Å². The topological polar surface area (TPSA) is 20.2 Å². The third kappa shape index (κ3) is 2.31. The molecule has 0 saturated heterocycles. The maximum Gasteiger partial charge on any atom is 0.116 e. The molecule has 2 heteroatoms. The van der Waals surface area contributed by atoms with E-state index in [4.69, 9.17) is 5.11 Å². The predicted octanol–water partition coefficient (Wildman–Crippen LogP) is 1.75. The van der Waals surface area contributed by atoms with E-state index in [2.05, 4.69) is 0 Å². The SMILES string of the molecule is CCC(C)(C)C(O)CF. The first kappa shape index (κ1) is 8.89. The average molecular weight is 134 g/mol. The van der Waals surface area contributed by atoms with Gasteiger partial charge in [-0.05, 0) is 11.8 Å². The summed E-state index contributed by atoms with van der Waals surface area (Å²) in [5.41, 5.74) is -0.269. The Morgan fingerprint density at radius 2 is 2.00 bits per heavy atom. The van der Waals surface area contributed by atoms with Crippen molar-refractivity contribution >= 4 is 0 Å². The molecule has 0 saturated carbocycles. The van der Waals surface area contributed by atoms with Gasteiger partial charge in [0.05, 0.1) is 6.10 Å². The molecule has 0 aliphatic heterocycles. The maximum atomic E-state index is 11.8. The fourth-order valence-electron chi connectivity index (χ4n) is 0.444. The van der Waals surface area contributed by atoms with E-state index in [1.54, 1.807) is 0 Å². The van der Waals surface area contributed by atoms with Crippen LogP contribution < -0.4 is 0 Å². The predicted molar refractivity (Wildman–Crippen MR) is 36.1 cm³/mol. The number of rotatable bonds is 3. The fourth-order valence-corrected chi connectivity index (χ4v) is 0.444. The smallest absolute Gasteiger partial charge is 0.116 e. The molecule has 0 aromatic heterocycles. The van der Waals surface area contributed by atoms with Gasteiger partial charge in [0.1, 0.15) is 6.67 Å². The van der Waals surface area contributed by atoms with E-state index in [1.165, 1.54) is 0 Å². The Bertz CT molecular complexity index is 81.0. The minimum atomic E-state index is -0.803. The second-order valence-corrected chi connectivity index (χ2v) is 3.01. The molecule has 9 heavy (non-hydrogen) atoms. The van der Waals surface area contributed by atoms with Crippen molar-refractivity contribution in [3.63, 3.8) is 0 Å². The second-order valence-electron chi connectivity index (χ2n) is 3.01. The minimum absolute atomic E-state index is 0.269. The molecule has 0 bridgehead atoms. The molecule has 1 atom stereocenters. The highest BCUT2D eigenvalue weighted by Gasteiger charge is 2.24. The summed E-state index contributed by atoms with van der Waals surface area (Å²) in [5.74, 6) is 0. The molecule has 0 radical (unpaired) electrons. The summed E-state index contributed by atoms with van der Waals surface area (Å²) in [6.07, 6.45) is 0.000417. The maximum absolute atomic E-state index is 11.8. The Hall–Kier alpha value is -0.110. The lowest BCUT2D eigenvalue weighted by Gasteiger charge is -2.26. The third-order valence-corrected chi connectivity index (χ3v) is 1.96. The Morgan fingerprint density at radius 1 is 1.56 bits per heavy atom. The number of hydrogen-bond acceptors (Lipinski definition) is 1. The largest absolute Gasteiger partial charge is 0.390 e. The highest BCUT2D eigenvalue weighted by Crippen LogP contribution is 2.24. The summed E-state index contributed by atoms with van der Waals surface area (Å²) in [6.45, 7) is 5.02. The van der Waals surface area contributed by atoms with Gasteiger partial charge >= 0.3 is 0 Å². The quantitative estimate of drug-likeness (QED) is 0.623. The van der Waals surface area contributed by atoms with E-state index >= 15 is 0 Å². The lowest BCUT2D eigenvalue weighted by Crippen LogP contribution is -2.30. The highest BCUT2D eigenvalue weighted by atomic mass is 19.1. The van der Waals surface area contributed by atoms with Gasteiger partial charge in [-0.2, -0.15) is 0 Å². The van der Waals surface area contributed by atoms with Gasteiger partial charge in [0.15, 0.2) is 0 Å². The van der Waals surface area contributed by atoms with Crippen LogP contribution >= 0.6 is 0 Å². The molecule has 0 aromatic carbocycles. The molecule has 0 spiro atoms. The molecule has 56 valence electrons. The van der Waals surface area contributed by atoms with Crippen molar-refractivity contribution in [2.24, 2.45) is 5.41 Å². The van der Waals surface area contributed by atoms with Crippen LogP contribution in [-0.2, 0) is 0 Å². The van der Waals surface area contributed by atoms with Crippen LogP contribution in [0.4, 0.5) is 4.39 Å². The monoisotopic (exact) mass is 134 g/mol. The van der Waals surface area contributed by atoms with Crippen molar-refractivity contribution in [1.82, 2.24) is 0 Å². The lowest BCUT2D eigenvalue weighted by atomic mass is 9.84. The zero-order chi connectivity index (χ0) is 7.49. The first-order valence-electron chi connectivity index (χ1n) is 3.28. The summed E-state index contributed by atoms with van der Waals surface area (Å²) >= 11 is 0. The molecule has 1 N–H and O–H groups in total. The molecule has 0 amide bonds. The second kappa shape index (κ2) is 3.16. The Kier molecular flexibility index (Phi) is 3.12. The van der Waals surface area contributed by atoms with Gasteiger partial charge in [0, 0.05) is 0 Å². The highest BCUT2D eigenvalue weighted by molar-refractivity contribution is 4.74. The van der Waals surface area contributed by atoms with Crippen LogP contribution in [0.25, 0.3) is 0 Å². The van der Waals surface area contributed by atoms with E-state index in [9.17, 15) is 4.39 Å². The third-order valence-electron chi connectivity index (χ3n) is 1.96. The first-order chi connectivity index (χ1) is 4.04. The van der Waals surface area contributed by atoms with Crippen molar-refractivity contribution in [3.8, 4) is 0 Å². The van der Waals surface area contributed by atoms with E-state index in [-0.39, 0.29) is 5.41 Å². The molecule has 0 aliphatic carbocycles. The van der Waals surface area contributed by atoms with Gasteiger partial charge in [-0.15, -0.1) is 0 Å². The van der Waals surface area contributed by atoms with Gasteiger partial charge in [-0.25, -0.2) is 4.39 Å². The molecule has 0 heterocycles. The Morgan fingerprint density at radius 3 is 2.11 bits per heavy atom. The summed E-state index contributed by atoms with van der Waals surface area (Å²) in [4.78, 5) is 0. The molecule has 1 nitrogen and oxygen atoms in total. The molecule has 0 fully saturated rings. The van der Waals surface area contributed by atoms with Crippen LogP contribution in [0.5, 0.6) is 0 Å². The number of aliphatic hydroxyl groups excluding tert-OH is 1. The normalized spacial score (nSPS) is 15.7. The molecule has 0 rings (SSSR count). The van der Waals surface area contributed by atoms with Crippen molar-refractivity contribution in [2.75, 3.05) is 6.67 Å². The zero-order valence-corrected chi connectivity index (χ0v) is 6.32. The summed E-state index contributed by atoms with van der Waals surface area (Å²) in [7, 11) is 0. The van der Waals surface area contributed by atoms with Gasteiger partial charge in [0.2, 0.25) is 0 Å². The summed E-state index contributed by atoms with van der Waals surface area (Å²) < 4.78 is 11.8. The van der Waals surface area contributed by atoms with E-state index in [0.717, 1.165) is 6.42 Å². The van der Waals surface area contributed by atoms with Gasteiger partial charge in [0.25, 0.3) is 0 Å². The van der Waals surface area contributed by atoms with Crippen LogP contribution in [0.1, 0.15) is 27.2 Å². The lowest BCUT2D eigenvalue weighted by molar-refractivity contribution is 0.0273. The first-order valence-corrected chi connectivity index (χ1v) is 3.28. The van der Waals surface area contributed by atoms with E-state index in [0.29, 0.717) is 0 Å². The van der Waals surface area contributed by atoms with Gasteiger partial charge < -0.3 is 5.11 Å². The van der Waals surface area contributed by atoms with E-state index < -0.39 is 12.8 Å². The molecular formula is C7H15FO. The summed E-state index contributed by atoms with van der Waals surface area (Å²) in [5, 5.41) is 9.01. The number of alkyl halides is 1. The van der Waals surface area contributed by atoms with E-state index in [1.807, 2.05) is 20.8 Å². The van der Waals surface area contributed by atoms with Gasteiger partial charge in [-0.3, -0.25) is 0 Å². The van der Waals surface area contributed by atoms with Crippen LogP contribution in [-0.4, -0.2) is 17.9 Å². The Labute approximate surface area is 55.9 Å². The average Bonchev–Trinajstić information content (AvgIpc) is 1.86. The number of halogens is 1. The zero-order valence-electron chi connectivity index (χ0n) is 6.32. The number of aliphatic hydroxyl groups is 1. The molecular weight excluding hydrogens is 119 g/mol. The molecule has 0 aromatic rings. The number of hydrogen-bond donors (Lipinski definition) is 1. The molecule has 0 aliphatic rings. The Balaban J connectivity index is 3.80. The van der Waals surface area contributed by atoms with Crippen LogP contribution in [0, 0.1) is 5.41 Å². The van der Waals surface area contributed by atoms with Crippen molar-refractivity contribution in [1.29, 1.82) is 0 Å². The van der Waals surface area contributed by atoms with Crippen LogP contribution in [0.15, 0.2) is 0 Å². The van der Waals surface area contributed by atoms with Crippen molar-refractivity contribution < 1.29 is 9.50 Å². The standard InChI is InChI=1S/C7H15FO/c1-4-7(2,3)6(9)5-8/h6,9H,4-5H2,1-3H3. The van der Waals surface area contributed by atoms with Crippen LogP contribution in [0.3, 0.4) is 0 Å². The fraction of sp³-hybridized carbons (Fsp3) is 1.00. The van der Waals surface area contributed by atoms with Crippen molar-refractivity contribution in [2.45, 2.75) is 33.3 Å². The molecule has 1 unspecified atom stereocenters. The van der Waals surface area contributed by atoms with Crippen LogP contribution in [0.2, 0.25) is 0 Å². The minimum Gasteiger partial charge on any atom is -0.390 e. The van der Waals surface area contributed by atoms with Crippen molar-refractivity contribution in [3.05, 3.63) is 0 Å².